The van der Waals surface area contributed by atoms with E-state index in [2.05, 4.69) is 5.32 Å². The zero-order chi connectivity index (χ0) is 12.9. The zero-order valence-corrected chi connectivity index (χ0v) is 9.84. The second-order valence-electron chi connectivity index (χ2n) is 3.77. The van der Waals surface area contributed by atoms with E-state index in [9.17, 15) is 22.4 Å². The molecule has 1 saturated heterocycles. The second kappa shape index (κ2) is 6.44. The fourth-order valence-corrected chi connectivity index (χ4v) is 2.29. The predicted octanol–water partition coefficient (Wildman–Crippen LogP) is 1.10. The zero-order valence-electron chi connectivity index (χ0n) is 9.02. The minimum atomic E-state index is -4.16. The molecular formula is C9H14F4N2OS. The summed E-state index contributed by atoms with van der Waals surface area (Å²) in [5.41, 5.74) is 0. The summed E-state index contributed by atoms with van der Waals surface area (Å²) in [6, 6.07) is -0.0751. The largest absolute Gasteiger partial charge is 0.350 e. The number of carbonyl (C=O) groups excluding carboxylic acids is 1. The molecule has 1 heterocycles. The van der Waals surface area contributed by atoms with Gasteiger partial charge in [0.05, 0.1) is 6.54 Å². The third kappa shape index (κ3) is 5.12. The molecular weight excluding hydrogens is 260 g/mol. The van der Waals surface area contributed by atoms with E-state index in [-0.39, 0.29) is 12.5 Å². The first kappa shape index (κ1) is 14.6. The maximum Gasteiger partial charge on any atom is 0.324 e. The summed E-state index contributed by atoms with van der Waals surface area (Å²) in [4.78, 5) is 11.2. The van der Waals surface area contributed by atoms with Gasteiger partial charge in [-0.1, -0.05) is 0 Å². The Morgan fingerprint density at radius 2 is 2.24 bits per heavy atom. The van der Waals surface area contributed by atoms with E-state index in [1.54, 1.807) is 11.8 Å². The Morgan fingerprint density at radius 1 is 1.53 bits per heavy atom. The lowest BCUT2D eigenvalue weighted by molar-refractivity contribution is -0.136. The molecule has 1 rings (SSSR count). The highest BCUT2D eigenvalue weighted by atomic mass is 32.2. The summed E-state index contributed by atoms with van der Waals surface area (Å²) in [6.45, 7) is -0.556. The van der Waals surface area contributed by atoms with Crippen molar-refractivity contribution >= 4 is 17.7 Å². The summed E-state index contributed by atoms with van der Waals surface area (Å²) < 4.78 is 48.6. The molecule has 1 atom stereocenters. The number of alkyl halides is 4. The minimum absolute atomic E-state index is 0.0340. The molecule has 1 amide bonds. The van der Waals surface area contributed by atoms with Crippen molar-refractivity contribution in [1.29, 1.82) is 0 Å². The Labute approximate surface area is 101 Å². The van der Waals surface area contributed by atoms with Crippen LogP contribution in [0.15, 0.2) is 0 Å². The standard InChI is InChI=1S/C9H14F4N2OS/c10-8(11)9(12,13)5-15-7(16)3-6-4-17-2-1-14-6/h6,8,14H,1-5H2,(H,15,16). The van der Waals surface area contributed by atoms with Crippen molar-refractivity contribution in [2.24, 2.45) is 0 Å². The van der Waals surface area contributed by atoms with Gasteiger partial charge in [-0.2, -0.15) is 20.5 Å². The molecule has 0 bridgehead atoms. The molecule has 3 nitrogen and oxygen atoms in total. The maximum absolute atomic E-state index is 12.5. The molecule has 0 saturated carbocycles. The van der Waals surface area contributed by atoms with Crippen molar-refractivity contribution in [3.8, 4) is 0 Å². The molecule has 0 aromatic heterocycles. The van der Waals surface area contributed by atoms with Crippen LogP contribution in [0.3, 0.4) is 0 Å². The first-order valence-corrected chi connectivity index (χ1v) is 6.31. The lowest BCUT2D eigenvalue weighted by atomic mass is 10.2. The van der Waals surface area contributed by atoms with Crippen molar-refractivity contribution in [2.75, 3.05) is 24.6 Å². The molecule has 0 aromatic rings. The first-order chi connectivity index (χ1) is 7.92. The van der Waals surface area contributed by atoms with Gasteiger partial charge in [0.1, 0.15) is 0 Å². The second-order valence-corrected chi connectivity index (χ2v) is 4.92. The topological polar surface area (TPSA) is 41.1 Å². The maximum atomic E-state index is 12.5. The molecule has 1 aliphatic heterocycles. The molecule has 8 heteroatoms. The van der Waals surface area contributed by atoms with Gasteiger partial charge in [-0.15, -0.1) is 0 Å². The molecule has 0 radical (unpaired) electrons. The quantitative estimate of drug-likeness (QED) is 0.738. The highest BCUT2D eigenvalue weighted by Gasteiger charge is 2.40. The predicted molar refractivity (Wildman–Crippen MR) is 57.7 cm³/mol. The van der Waals surface area contributed by atoms with Crippen LogP contribution in [0.5, 0.6) is 0 Å². The van der Waals surface area contributed by atoms with Crippen LogP contribution in [0.4, 0.5) is 17.6 Å². The third-order valence-electron chi connectivity index (χ3n) is 2.27. The minimum Gasteiger partial charge on any atom is -0.350 e. The fraction of sp³-hybridized carbons (Fsp3) is 0.889. The highest BCUT2D eigenvalue weighted by molar-refractivity contribution is 7.99. The van der Waals surface area contributed by atoms with Gasteiger partial charge in [0.25, 0.3) is 0 Å². The van der Waals surface area contributed by atoms with E-state index in [1.807, 2.05) is 5.32 Å². The molecule has 2 N–H and O–H groups in total. The summed E-state index contributed by atoms with van der Waals surface area (Å²) in [5, 5.41) is 4.89. The van der Waals surface area contributed by atoms with Crippen molar-refractivity contribution in [1.82, 2.24) is 10.6 Å². The Bertz CT molecular complexity index is 259. The molecule has 1 fully saturated rings. The van der Waals surface area contributed by atoms with E-state index in [0.29, 0.717) is 0 Å². The lowest BCUT2D eigenvalue weighted by Gasteiger charge is -2.23. The van der Waals surface area contributed by atoms with Crippen LogP contribution >= 0.6 is 11.8 Å². The fourth-order valence-electron chi connectivity index (χ4n) is 1.34. The van der Waals surface area contributed by atoms with Crippen LogP contribution in [0, 0.1) is 0 Å². The smallest absolute Gasteiger partial charge is 0.324 e. The first-order valence-electron chi connectivity index (χ1n) is 5.15. The molecule has 0 aliphatic carbocycles. The summed E-state index contributed by atoms with van der Waals surface area (Å²) >= 11 is 1.66. The SMILES string of the molecule is O=C(CC1CSCCN1)NCC(F)(F)C(F)F. The number of halogens is 4. The van der Waals surface area contributed by atoms with E-state index in [1.165, 1.54) is 0 Å². The molecule has 0 aromatic carbocycles. The third-order valence-corrected chi connectivity index (χ3v) is 3.40. The number of carbonyl (C=O) groups is 1. The van der Waals surface area contributed by atoms with Crippen LogP contribution in [0.25, 0.3) is 0 Å². The van der Waals surface area contributed by atoms with Gasteiger partial charge >= 0.3 is 12.3 Å². The molecule has 1 aliphatic rings. The molecule has 0 spiro atoms. The summed E-state index contributed by atoms with van der Waals surface area (Å²) in [6.07, 6.45) is -3.72. The van der Waals surface area contributed by atoms with Crippen molar-refractivity contribution in [3.05, 3.63) is 0 Å². The Morgan fingerprint density at radius 3 is 2.76 bits per heavy atom. The average Bonchev–Trinajstić information content (AvgIpc) is 2.28. The number of rotatable bonds is 5. The van der Waals surface area contributed by atoms with Crippen molar-refractivity contribution < 1.29 is 22.4 Å². The van der Waals surface area contributed by atoms with Gasteiger partial charge in [-0.25, -0.2) is 8.78 Å². The van der Waals surface area contributed by atoms with Crippen LogP contribution < -0.4 is 10.6 Å². The van der Waals surface area contributed by atoms with E-state index in [0.717, 1.165) is 18.1 Å². The Balaban J connectivity index is 2.25. The lowest BCUT2D eigenvalue weighted by Crippen LogP contribution is -2.45. The van der Waals surface area contributed by atoms with Gasteiger partial charge in [-0.3, -0.25) is 4.79 Å². The average molecular weight is 274 g/mol. The van der Waals surface area contributed by atoms with Crippen LogP contribution in [-0.4, -0.2) is 48.9 Å². The van der Waals surface area contributed by atoms with Gasteiger partial charge in [-0.05, 0) is 0 Å². The monoisotopic (exact) mass is 274 g/mol. The molecule has 1 unspecified atom stereocenters. The number of thioether (sulfide) groups is 1. The number of hydrogen-bond donors (Lipinski definition) is 2. The van der Waals surface area contributed by atoms with E-state index < -0.39 is 24.8 Å². The Hall–Kier alpha value is -0.500. The molecule has 100 valence electrons. The van der Waals surface area contributed by atoms with Gasteiger partial charge in [0.2, 0.25) is 5.91 Å². The van der Waals surface area contributed by atoms with Crippen molar-refractivity contribution in [2.45, 2.75) is 24.8 Å². The summed E-state index contributed by atoms with van der Waals surface area (Å²) in [7, 11) is 0. The van der Waals surface area contributed by atoms with Crippen molar-refractivity contribution in [3.63, 3.8) is 0 Å². The Kier molecular flexibility index (Phi) is 5.51. The van der Waals surface area contributed by atoms with Gasteiger partial charge < -0.3 is 10.6 Å². The number of nitrogens with one attached hydrogen (secondary N) is 2. The summed E-state index contributed by atoms with van der Waals surface area (Å²) in [5.74, 6) is -3.13. The van der Waals surface area contributed by atoms with Gasteiger partial charge in [0, 0.05) is 30.5 Å². The number of hydrogen-bond acceptors (Lipinski definition) is 3. The normalized spacial score (nSPS) is 21.6. The number of amides is 1. The molecule has 17 heavy (non-hydrogen) atoms. The van der Waals surface area contributed by atoms with E-state index in [4.69, 9.17) is 0 Å². The van der Waals surface area contributed by atoms with E-state index >= 15 is 0 Å². The highest BCUT2D eigenvalue weighted by Crippen LogP contribution is 2.21. The van der Waals surface area contributed by atoms with Crippen LogP contribution in [0.1, 0.15) is 6.42 Å². The van der Waals surface area contributed by atoms with Gasteiger partial charge in [0.15, 0.2) is 0 Å². The van der Waals surface area contributed by atoms with Crippen LogP contribution in [-0.2, 0) is 4.79 Å². The van der Waals surface area contributed by atoms with Crippen LogP contribution in [0.2, 0.25) is 0 Å².